The Morgan fingerprint density at radius 2 is 1.58 bits per heavy atom. The first-order valence-corrected chi connectivity index (χ1v) is 18.9. The molecule has 0 aliphatic rings. The first kappa shape index (κ1) is 45.4. The van der Waals surface area contributed by atoms with Crippen molar-refractivity contribution in [2.45, 2.75) is 77.5 Å². The summed E-state index contributed by atoms with van der Waals surface area (Å²) in [6, 6.07) is 16.3. The molecule has 0 bridgehead atoms. The number of carboxylic acid groups (broad SMARTS) is 2. The number of amides is 3. The van der Waals surface area contributed by atoms with Crippen LogP contribution in [-0.2, 0) is 30.5 Å². The smallest absolute Gasteiger partial charge is 0.326 e. The maximum atomic E-state index is 15.1. The van der Waals surface area contributed by atoms with Crippen LogP contribution in [0.15, 0.2) is 85.1 Å². The number of hydrogen-bond acceptors (Lipinski definition) is 8. The van der Waals surface area contributed by atoms with Gasteiger partial charge in [-0.2, -0.15) is 0 Å². The summed E-state index contributed by atoms with van der Waals surface area (Å²) in [6.07, 6.45) is 0.225. The van der Waals surface area contributed by atoms with E-state index >= 15 is 4.39 Å². The quantitative estimate of drug-likeness (QED) is 0.0645. The van der Waals surface area contributed by atoms with E-state index in [1.165, 1.54) is 29.2 Å². The van der Waals surface area contributed by atoms with Crippen molar-refractivity contribution >= 4 is 41.1 Å². The fourth-order valence-corrected chi connectivity index (χ4v) is 6.68. The molecule has 14 nitrogen and oxygen atoms in total. The highest BCUT2D eigenvalue weighted by molar-refractivity contribution is 5.99. The van der Waals surface area contributed by atoms with E-state index in [-0.39, 0.29) is 55.5 Å². The van der Waals surface area contributed by atoms with E-state index in [1.54, 1.807) is 12.3 Å². The molecule has 0 aliphatic carbocycles. The SMILES string of the molecule is CC(C)(C)[C@H](c1cc(-c2cc(F)ccc2F)cn1Cc1ccccc1)N(CC[C@H](N)C(=O)N[C@H](CCC(=O)c1cccc(NC(=O)CCC(=O)O)c1)C(=O)O)C(=O)CO. The summed E-state index contributed by atoms with van der Waals surface area (Å²) in [5.74, 6) is -6.48. The Hall–Kier alpha value is -6.26. The first-order valence-electron chi connectivity index (χ1n) is 18.9. The molecule has 0 aliphatic heterocycles. The van der Waals surface area contributed by atoms with Crippen LogP contribution in [0, 0.1) is 17.0 Å². The molecule has 0 saturated heterocycles. The summed E-state index contributed by atoms with van der Waals surface area (Å²) in [5, 5.41) is 33.7. The fourth-order valence-electron chi connectivity index (χ4n) is 6.68. The van der Waals surface area contributed by atoms with Crippen LogP contribution in [0.1, 0.15) is 80.5 Å². The molecule has 3 amide bonds. The summed E-state index contributed by atoms with van der Waals surface area (Å²) in [5.41, 5.74) is 7.68. The number of ketones is 1. The molecular weight excluding hydrogens is 768 g/mol. The van der Waals surface area contributed by atoms with E-state index in [9.17, 15) is 43.4 Å². The predicted octanol–water partition coefficient (Wildman–Crippen LogP) is 5.14. The second-order valence-electron chi connectivity index (χ2n) is 15.2. The van der Waals surface area contributed by atoms with Crippen LogP contribution >= 0.6 is 0 Å². The van der Waals surface area contributed by atoms with Crippen LogP contribution in [0.3, 0.4) is 0 Å². The van der Waals surface area contributed by atoms with Crippen LogP contribution in [-0.4, -0.2) is 85.5 Å². The maximum absolute atomic E-state index is 15.1. The van der Waals surface area contributed by atoms with Gasteiger partial charge in [0.05, 0.1) is 18.5 Å². The number of nitrogens with zero attached hydrogens (tertiary/aromatic N) is 2. The van der Waals surface area contributed by atoms with Crippen LogP contribution in [0.5, 0.6) is 0 Å². The number of aliphatic carboxylic acids is 2. The molecule has 0 spiro atoms. The van der Waals surface area contributed by atoms with Crippen molar-refractivity contribution < 1.29 is 52.9 Å². The van der Waals surface area contributed by atoms with Gasteiger partial charge >= 0.3 is 11.9 Å². The molecular formula is C43H49F2N5O9. The minimum absolute atomic E-state index is 0.00566. The zero-order valence-electron chi connectivity index (χ0n) is 33.0. The van der Waals surface area contributed by atoms with Gasteiger partial charge in [0.2, 0.25) is 17.7 Å². The summed E-state index contributed by atoms with van der Waals surface area (Å²) in [7, 11) is 0. The van der Waals surface area contributed by atoms with Crippen molar-refractivity contribution in [3.8, 4) is 11.1 Å². The van der Waals surface area contributed by atoms with E-state index in [2.05, 4.69) is 10.6 Å². The Balaban J connectivity index is 1.51. The molecule has 1 heterocycles. The van der Waals surface area contributed by atoms with Gasteiger partial charge in [0.15, 0.2) is 5.78 Å². The first-order chi connectivity index (χ1) is 27.9. The molecule has 4 rings (SSSR count). The number of aromatic nitrogens is 1. The predicted molar refractivity (Wildman–Crippen MR) is 214 cm³/mol. The number of carbonyl (C=O) groups is 6. The highest BCUT2D eigenvalue weighted by Crippen LogP contribution is 2.41. The Morgan fingerprint density at radius 3 is 2.22 bits per heavy atom. The van der Waals surface area contributed by atoms with Crippen LogP contribution < -0.4 is 16.4 Å². The average Bonchev–Trinajstić information content (AvgIpc) is 3.59. The van der Waals surface area contributed by atoms with Gasteiger partial charge in [-0.05, 0) is 60.2 Å². The number of benzene rings is 3. The molecule has 0 unspecified atom stereocenters. The molecule has 16 heteroatoms. The number of aliphatic hydroxyl groups is 1. The average molecular weight is 818 g/mol. The van der Waals surface area contributed by atoms with Crippen LogP contribution in [0.25, 0.3) is 11.1 Å². The Morgan fingerprint density at radius 1 is 0.864 bits per heavy atom. The Bertz CT molecular complexity index is 2150. The number of carboxylic acids is 2. The van der Waals surface area contributed by atoms with Gasteiger partial charge in [-0.1, -0.05) is 63.2 Å². The minimum Gasteiger partial charge on any atom is -0.481 e. The van der Waals surface area contributed by atoms with E-state index in [0.717, 1.165) is 23.8 Å². The Kier molecular flexibility index (Phi) is 15.7. The van der Waals surface area contributed by atoms with Crippen molar-refractivity contribution in [3.63, 3.8) is 0 Å². The molecule has 0 fully saturated rings. The zero-order chi connectivity index (χ0) is 43.4. The summed E-state index contributed by atoms with van der Waals surface area (Å²) < 4.78 is 31.2. The Labute approximate surface area is 340 Å². The molecule has 59 heavy (non-hydrogen) atoms. The van der Waals surface area contributed by atoms with Gasteiger partial charge in [0, 0.05) is 60.2 Å². The minimum atomic E-state index is -1.52. The molecule has 314 valence electrons. The lowest BCUT2D eigenvalue weighted by Crippen LogP contribution is -2.50. The summed E-state index contributed by atoms with van der Waals surface area (Å²) in [4.78, 5) is 76.1. The van der Waals surface area contributed by atoms with Crippen molar-refractivity contribution in [3.05, 3.63) is 114 Å². The van der Waals surface area contributed by atoms with Gasteiger partial charge in [0.1, 0.15) is 24.3 Å². The van der Waals surface area contributed by atoms with Crippen LogP contribution in [0.4, 0.5) is 14.5 Å². The van der Waals surface area contributed by atoms with Crippen LogP contribution in [0.2, 0.25) is 0 Å². The van der Waals surface area contributed by atoms with Crippen molar-refractivity contribution in [1.82, 2.24) is 14.8 Å². The molecule has 0 radical (unpaired) electrons. The third-order valence-corrected chi connectivity index (χ3v) is 9.56. The number of carbonyl (C=O) groups excluding carboxylic acids is 4. The fraction of sp³-hybridized carbons (Fsp3) is 0.349. The monoisotopic (exact) mass is 817 g/mol. The van der Waals surface area contributed by atoms with Gasteiger partial charge in [-0.25, -0.2) is 13.6 Å². The lowest BCUT2D eigenvalue weighted by Gasteiger charge is -2.41. The second-order valence-corrected chi connectivity index (χ2v) is 15.2. The third kappa shape index (κ3) is 12.9. The topological polar surface area (TPSA) is 221 Å². The van der Waals surface area contributed by atoms with E-state index in [0.29, 0.717) is 17.8 Å². The van der Waals surface area contributed by atoms with Crippen molar-refractivity contribution in [2.24, 2.45) is 11.1 Å². The molecule has 0 saturated carbocycles. The summed E-state index contributed by atoms with van der Waals surface area (Å²) in [6.45, 7) is 4.80. The lowest BCUT2D eigenvalue weighted by atomic mass is 9.82. The number of nitrogens with two attached hydrogens (primary N) is 1. The number of halogens is 2. The number of aliphatic hydroxyl groups excluding tert-OH is 1. The number of hydrogen-bond donors (Lipinski definition) is 6. The number of rotatable bonds is 20. The molecule has 7 N–H and O–H groups in total. The summed E-state index contributed by atoms with van der Waals surface area (Å²) >= 11 is 0. The maximum Gasteiger partial charge on any atom is 0.326 e. The molecule has 4 aromatic rings. The van der Waals surface area contributed by atoms with Crippen molar-refractivity contribution in [2.75, 3.05) is 18.5 Å². The van der Waals surface area contributed by atoms with Crippen molar-refractivity contribution in [1.29, 1.82) is 0 Å². The highest BCUT2D eigenvalue weighted by Gasteiger charge is 2.38. The number of anilines is 1. The molecule has 3 atom stereocenters. The molecule has 1 aromatic heterocycles. The molecule has 3 aromatic carbocycles. The van der Waals surface area contributed by atoms with E-state index in [4.69, 9.17) is 10.8 Å². The highest BCUT2D eigenvalue weighted by atomic mass is 19.1. The second kappa shape index (κ2) is 20.4. The van der Waals surface area contributed by atoms with Gasteiger partial charge < -0.3 is 41.2 Å². The largest absolute Gasteiger partial charge is 0.481 e. The van der Waals surface area contributed by atoms with E-state index in [1.807, 2.05) is 55.7 Å². The van der Waals surface area contributed by atoms with Gasteiger partial charge in [-0.15, -0.1) is 0 Å². The third-order valence-electron chi connectivity index (χ3n) is 9.56. The number of nitrogens with one attached hydrogen (secondary N) is 2. The normalized spacial score (nSPS) is 12.9. The van der Waals surface area contributed by atoms with Gasteiger partial charge in [0.25, 0.3) is 0 Å². The standard InChI is InChI=1S/C43H49F2N5O9/c1-43(2,3)40(35-21-28(31-22-29(44)12-13-32(31)45)24-49(35)23-26-8-5-4-6-9-26)50(38(54)25-51)19-18-33(46)41(57)48-34(42(58)59)14-15-36(52)27-10-7-11-30(20-27)47-37(53)16-17-39(55)56/h4-13,20-22,24,33-34,40,51H,14-19,23,25,46H2,1-3H3,(H,47,53)(H,48,57)(H,55,56)(H,58,59)/t33-,34+,40-/m0/s1. The van der Waals surface area contributed by atoms with E-state index < -0.39 is 77.2 Å². The number of Topliss-reactive ketones (excluding diaryl/α,β-unsaturated/α-hetero) is 1. The van der Waals surface area contributed by atoms with Gasteiger partial charge in [-0.3, -0.25) is 24.0 Å². The zero-order valence-corrected chi connectivity index (χ0v) is 33.0. The lowest BCUT2D eigenvalue weighted by molar-refractivity contribution is -0.142.